The Kier molecular flexibility index (Phi) is 5.18. The summed E-state index contributed by atoms with van der Waals surface area (Å²) in [6, 6.07) is 10.9. The SMILES string of the molecule is N#Cc1cc(-c2nccc(C3CCCc4cc(-c5c(F)cccc5F)nnc43)n2)cnc1N. The topological polar surface area (TPSA) is 114 Å². The van der Waals surface area contributed by atoms with Gasteiger partial charge < -0.3 is 5.73 Å². The number of nitrogens with two attached hydrogens (primary N) is 1. The zero-order chi connectivity index (χ0) is 22.9. The number of anilines is 1. The number of aromatic nitrogens is 5. The minimum Gasteiger partial charge on any atom is -0.383 e. The van der Waals surface area contributed by atoms with E-state index in [0.717, 1.165) is 36.2 Å². The maximum atomic E-state index is 14.2. The van der Waals surface area contributed by atoms with Crippen LogP contribution in [0.2, 0.25) is 0 Å². The lowest BCUT2D eigenvalue weighted by Gasteiger charge is -2.24. The lowest BCUT2D eigenvalue weighted by molar-refractivity contribution is 0.573. The molecule has 9 heteroatoms. The molecule has 1 aliphatic carbocycles. The van der Waals surface area contributed by atoms with Crippen molar-refractivity contribution >= 4 is 5.82 Å². The van der Waals surface area contributed by atoms with E-state index in [1.165, 1.54) is 24.4 Å². The highest BCUT2D eigenvalue weighted by atomic mass is 19.1. The molecule has 3 heterocycles. The van der Waals surface area contributed by atoms with Crippen LogP contribution in [-0.2, 0) is 6.42 Å². The number of pyridine rings is 1. The zero-order valence-electron chi connectivity index (χ0n) is 17.3. The first-order valence-corrected chi connectivity index (χ1v) is 10.3. The Morgan fingerprint density at radius 2 is 1.88 bits per heavy atom. The van der Waals surface area contributed by atoms with Gasteiger partial charge in [-0.2, -0.15) is 15.5 Å². The maximum Gasteiger partial charge on any atom is 0.160 e. The van der Waals surface area contributed by atoms with Crippen LogP contribution in [0.5, 0.6) is 0 Å². The van der Waals surface area contributed by atoms with Crippen LogP contribution >= 0.6 is 0 Å². The fourth-order valence-electron chi connectivity index (χ4n) is 4.11. The van der Waals surface area contributed by atoms with Crippen molar-refractivity contribution in [3.8, 4) is 28.7 Å². The van der Waals surface area contributed by atoms with Crippen LogP contribution in [0.4, 0.5) is 14.6 Å². The molecule has 3 aromatic heterocycles. The maximum absolute atomic E-state index is 14.2. The highest BCUT2D eigenvalue weighted by molar-refractivity contribution is 5.63. The molecule has 0 spiro atoms. The molecular formula is C24H17F2N7. The van der Waals surface area contributed by atoms with Gasteiger partial charge in [-0.25, -0.2) is 23.7 Å². The van der Waals surface area contributed by atoms with Gasteiger partial charge in [-0.05, 0) is 55.2 Å². The minimum absolute atomic E-state index is 0.139. The molecule has 0 fully saturated rings. The fraction of sp³-hybridized carbons (Fsp3) is 0.167. The van der Waals surface area contributed by atoms with Crippen molar-refractivity contribution in [1.82, 2.24) is 25.1 Å². The van der Waals surface area contributed by atoms with Gasteiger partial charge in [0.2, 0.25) is 0 Å². The van der Waals surface area contributed by atoms with Gasteiger partial charge in [0.25, 0.3) is 0 Å². The van der Waals surface area contributed by atoms with Crippen molar-refractivity contribution < 1.29 is 8.78 Å². The number of nitrogens with zero attached hydrogens (tertiary/aromatic N) is 6. The third-order valence-electron chi connectivity index (χ3n) is 5.72. The van der Waals surface area contributed by atoms with E-state index >= 15 is 0 Å². The van der Waals surface area contributed by atoms with Crippen LogP contribution < -0.4 is 5.73 Å². The Morgan fingerprint density at radius 3 is 2.67 bits per heavy atom. The summed E-state index contributed by atoms with van der Waals surface area (Å²) in [6.07, 6.45) is 5.57. The zero-order valence-corrected chi connectivity index (χ0v) is 17.3. The molecule has 2 N–H and O–H groups in total. The lowest BCUT2D eigenvalue weighted by Crippen LogP contribution is -2.16. The van der Waals surface area contributed by atoms with Crippen LogP contribution in [0.3, 0.4) is 0 Å². The molecule has 1 unspecified atom stereocenters. The first-order chi connectivity index (χ1) is 16.0. The van der Waals surface area contributed by atoms with Crippen LogP contribution in [0.1, 0.15) is 41.3 Å². The number of halogens is 2. The number of hydrogen-bond donors (Lipinski definition) is 1. The van der Waals surface area contributed by atoms with Crippen molar-refractivity contribution in [2.45, 2.75) is 25.2 Å². The van der Waals surface area contributed by atoms with Crippen molar-refractivity contribution in [3.63, 3.8) is 0 Å². The van der Waals surface area contributed by atoms with E-state index in [-0.39, 0.29) is 28.6 Å². The first kappa shape index (κ1) is 20.6. The molecule has 0 saturated heterocycles. The van der Waals surface area contributed by atoms with Gasteiger partial charge in [0.1, 0.15) is 23.5 Å². The smallest absolute Gasteiger partial charge is 0.160 e. The highest BCUT2D eigenvalue weighted by Crippen LogP contribution is 2.36. The van der Waals surface area contributed by atoms with Gasteiger partial charge in [-0.3, -0.25) is 0 Å². The summed E-state index contributed by atoms with van der Waals surface area (Å²) in [4.78, 5) is 13.1. The van der Waals surface area contributed by atoms with E-state index < -0.39 is 11.6 Å². The first-order valence-electron chi connectivity index (χ1n) is 10.3. The van der Waals surface area contributed by atoms with E-state index in [4.69, 9.17) is 10.7 Å². The molecule has 0 bridgehead atoms. The molecule has 0 saturated carbocycles. The minimum atomic E-state index is -0.675. The van der Waals surface area contributed by atoms with E-state index in [0.29, 0.717) is 11.4 Å². The average Bonchev–Trinajstić information content (AvgIpc) is 2.84. The van der Waals surface area contributed by atoms with Crippen molar-refractivity contribution in [2.75, 3.05) is 5.73 Å². The van der Waals surface area contributed by atoms with Crippen molar-refractivity contribution in [1.29, 1.82) is 5.26 Å². The molecule has 0 amide bonds. The summed E-state index contributed by atoms with van der Waals surface area (Å²) in [6.45, 7) is 0. The largest absolute Gasteiger partial charge is 0.383 e. The van der Waals surface area contributed by atoms with Crippen LogP contribution in [-0.4, -0.2) is 25.1 Å². The van der Waals surface area contributed by atoms with Gasteiger partial charge >= 0.3 is 0 Å². The fourth-order valence-corrected chi connectivity index (χ4v) is 4.11. The van der Waals surface area contributed by atoms with Gasteiger partial charge in [0.05, 0.1) is 28.2 Å². The number of benzene rings is 1. The second kappa shape index (κ2) is 8.31. The van der Waals surface area contributed by atoms with Gasteiger partial charge in [0, 0.05) is 23.9 Å². The molecule has 33 heavy (non-hydrogen) atoms. The van der Waals surface area contributed by atoms with E-state index in [9.17, 15) is 14.0 Å². The molecule has 1 atom stereocenters. The predicted molar refractivity (Wildman–Crippen MR) is 117 cm³/mol. The molecule has 4 aromatic rings. The van der Waals surface area contributed by atoms with E-state index in [1.54, 1.807) is 18.3 Å². The van der Waals surface area contributed by atoms with Crippen molar-refractivity contribution in [3.05, 3.63) is 82.9 Å². The van der Waals surface area contributed by atoms with Crippen LogP contribution in [0.25, 0.3) is 22.6 Å². The molecule has 0 radical (unpaired) electrons. The quantitative estimate of drug-likeness (QED) is 0.507. The molecule has 162 valence electrons. The highest BCUT2D eigenvalue weighted by Gasteiger charge is 2.27. The van der Waals surface area contributed by atoms with Crippen LogP contribution in [0.15, 0.2) is 48.8 Å². The summed E-state index contributed by atoms with van der Waals surface area (Å²) in [7, 11) is 0. The van der Waals surface area contributed by atoms with Gasteiger partial charge in [-0.1, -0.05) is 6.07 Å². The summed E-state index contributed by atoms with van der Waals surface area (Å²) in [5, 5.41) is 17.7. The number of nitriles is 1. The lowest BCUT2D eigenvalue weighted by atomic mass is 9.84. The standard InChI is InChI=1S/C24H17F2N7/c25-17-5-2-6-18(26)21(17)20-10-13-3-1-4-16(22(13)33-32-20)19-7-8-29-24(31-19)15-9-14(11-27)23(28)30-12-15/h2,5-10,12,16H,1,3-4H2,(H2,28,30). The Balaban J connectivity index is 1.53. The van der Waals surface area contributed by atoms with E-state index in [2.05, 4.69) is 20.2 Å². The predicted octanol–water partition coefficient (Wildman–Crippen LogP) is 4.20. The number of rotatable bonds is 3. The average molecular weight is 441 g/mol. The summed E-state index contributed by atoms with van der Waals surface area (Å²) in [5.74, 6) is -0.922. The summed E-state index contributed by atoms with van der Waals surface area (Å²) < 4.78 is 28.5. The Labute approximate surface area is 188 Å². The third kappa shape index (κ3) is 3.76. The number of fused-ring (bicyclic) bond motifs is 1. The second-order valence-corrected chi connectivity index (χ2v) is 7.76. The summed E-state index contributed by atoms with van der Waals surface area (Å²) in [5.41, 5.74) is 8.91. The number of nitrogen functional groups attached to an aromatic ring is 1. The monoisotopic (exact) mass is 441 g/mol. The van der Waals surface area contributed by atoms with E-state index in [1.807, 2.05) is 12.1 Å². The number of hydrogen-bond acceptors (Lipinski definition) is 7. The van der Waals surface area contributed by atoms with Crippen molar-refractivity contribution in [2.24, 2.45) is 0 Å². The van der Waals surface area contributed by atoms with Gasteiger partial charge in [0.15, 0.2) is 5.82 Å². The molecule has 5 rings (SSSR count). The Hall–Kier alpha value is -4.32. The third-order valence-corrected chi connectivity index (χ3v) is 5.72. The molecule has 1 aromatic carbocycles. The van der Waals surface area contributed by atoms with Gasteiger partial charge in [-0.15, -0.1) is 0 Å². The normalized spacial score (nSPS) is 15.0. The molecule has 0 aliphatic heterocycles. The molecular weight excluding hydrogens is 424 g/mol. The Bertz CT molecular complexity index is 1390. The molecule has 7 nitrogen and oxygen atoms in total. The van der Waals surface area contributed by atoms with Crippen LogP contribution in [0, 0.1) is 23.0 Å². The second-order valence-electron chi connectivity index (χ2n) is 7.76. The number of aryl methyl sites for hydroxylation is 1. The Morgan fingerprint density at radius 1 is 1.06 bits per heavy atom. The summed E-state index contributed by atoms with van der Waals surface area (Å²) >= 11 is 0. The molecule has 1 aliphatic rings.